The van der Waals surface area contributed by atoms with Crippen molar-refractivity contribution in [2.45, 2.75) is 18.6 Å². The van der Waals surface area contributed by atoms with Gasteiger partial charge in [-0.15, -0.1) is 0 Å². The second-order valence-corrected chi connectivity index (χ2v) is 8.71. The average molecular weight is 490 g/mol. The van der Waals surface area contributed by atoms with Crippen LogP contribution in [0.1, 0.15) is 16.1 Å². The molecule has 36 heavy (non-hydrogen) atoms. The Kier molecular flexibility index (Phi) is 6.88. The van der Waals surface area contributed by atoms with E-state index in [0.29, 0.717) is 44.1 Å². The summed E-state index contributed by atoms with van der Waals surface area (Å²) in [7, 11) is 0. The lowest BCUT2D eigenvalue weighted by atomic mass is 10.0. The highest BCUT2D eigenvalue weighted by molar-refractivity contribution is 5.95. The smallest absolute Gasteiger partial charge is 0.287 e. The fourth-order valence-corrected chi connectivity index (χ4v) is 4.40. The Morgan fingerprint density at radius 3 is 2.28 bits per heavy atom. The predicted octanol–water partition coefficient (Wildman–Crippen LogP) is 2.13. The molecule has 9 heteroatoms. The Hall–Kier alpha value is -4.27. The molecule has 1 N–H and O–H groups in total. The van der Waals surface area contributed by atoms with Crippen molar-refractivity contribution in [3.63, 3.8) is 0 Å². The van der Waals surface area contributed by atoms with Crippen molar-refractivity contribution in [1.29, 1.82) is 0 Å². The molecular formula is C27H27N3O6. The van der Waals surface area contributed by atoms with Gasteiger partial charge in [0.1, 0.15) is 12.6 Å². The van der Waals surface area contributed by atoms with E-state index in [0.717, 1.165) is 5.56 Å². The van der Waals surface area contributed by atoms with Gasteiger partial charge in [0.15, 0.2) is 17.3 Å². The number of amides is 3. The van der Waals surface area contributed by atoms with Gasteiger partial charge in [-0.3, -0.25) is 14.4 Å². The predicted molar refractivity (Wildman–Crippen MR) is 130 cm³/mol. The van der Waals surface area contributed by atoms with Crippen LogP contribution in [0.5, 0.6) is 11.5 Å². The summed E-state index contributed by atoms with van der Waals surface area (Å²) in [5.74, 6) is 0.510. The van der Waals surface area contributed by atoms with Crippen LogP contribution < -0.4 is 14.8 Å². The highest BCUT2D eigenvalue weighted by Crippen LogP contribution is 2.31. The van der Waals surface area contributed by atoms with Gasteiger partial charge in [-0.2, -0.15) is 0 Å². The first-order valence-corrected chi connectivity index (χ1v) is 11.9. The lowest BCUT2D eigenvalue weighted by molar-refractivity contribution is -0.146. The van der Waals surface area contributed by atoms with E-state index in [-0.39, 0.29) is 24.2 Å². The Bertz CT molecular complexity index is 1210. The second kappa shape index (κ2) is 10.6. The summed E-state index contributed by atoms with van der Waals surface area (Å²) in [6, 6.07) is 19.2. The molecule has 2 aliphatic rings. The number of furan rings is 1. The summed E-state index contributed by atoms with van der Waals surface area (Å²) in [5.41, 5.74) is 0.930. The highest BCUT2D eigenvalue weighted by Gasteiger charge is 2.35. The summed E-state index contributed by atoms with van der Waals surface area (Å²) in [6.45, 7) is 1.60. The minimum absolute atomic E-state index is 0.146. The monoisotopic (exact) mass is 489 g/mol. The van der Waals surface area contributed by atoms with E-state index in [9.17, 15) is 14.4 Å². The topological polar surface area (TPSA) is 101 Å². The summed E-state index contributed by atoms with van der Waals surface area (Å²) in [5, 5.41) is 2.82. The number of carbonyl (C=O) groups is 3. The van der Waals surface area contributed by atoms with Gasteiger partial charge in [0.25, 0.3) is 11.8 Å². The van der Waals surface area contributed by atoms with Crippen LogP contribution in [-0.4, -0.2) is 72.5 Å². The van der Waals surface area contributed by atoms with Gasteiger partial charge in [0.2, 0.25) is 12.0 Å². The highest BCUT2D eigenvalue weighted by atomic mass is 16.6. The van der Waals surface area contributed by atoms with Gasteiger partial charge in [-0.25, -0.2) is 0 Å². The maximum absolute atomic E-state index is 13.5. The number of benzene rings is 2. The third kappa shape index (κ3) is 5.19. The third-order valence-corrected chi connectivity index (χ3v) is 6.32. The molecule has 2 atom stereocenters. The first-order valence-electron chi connectivity index (χ1n) is 11.9. The number of para-hydroxylation sites is 2. The number of carbonyl (C=O) groups excluding carboxylic acids is 3. The molecule has 3 amide bonds. The van der Waals surface area contributed by atoms with Gasteiger partial charge in [0.05, 0.1) is 6.26 Å². The number of ether oxygens (including phenoxy) is 2. The number of rotatable bonds is 6. The van der Waals surface area contributed by atoms with Crippen LogP contribution in [0, 0.1) is 0 Å². The summed E-state index contributed by atoms with van der Waals surface area (Å²) >= 11 is 0. The normalized spacial score (nSPS) is 17.8. The van der Waals surface area contributed by atoms with Crippen LogP contribution in [0.3, 0.4) is 0 Å². The molecular weight excluding hydrogens is 462 g/mol. The maximum Gasteiger partial charge on any atom is 0.287 e. The molecule has 2 aromatic carbocycles. The van der Waals surface area contributed by atoms with Crippen molar-refractivity contribution in [2.75, 3.05) is 32.8 Å². The van der Waals surface area contributed by atoms with Crippen molar-refractivity contribution in [3.05, 3.63) is 84.3 Å². The van der Waals surface area contributed by atoms with Crippen molar-refractivity contribution in [3.8, 4) is 11.5 Å². The van der Waals surface area contributed by atoms with Crippen molar-refractivity contribution in [2.24, 2.45) is 0 Å². The first-order chi connectivity index (χ1) is 17.6. The van der Waals surface area contributed by atoms with Crippen LogP contribution in [-0.2, 0) is 16.0 Å². The molecule has 0 unspecified atom stereocenters. The molecule has 5 rings (SSSR count). The van der Waals surface area contributed by atoms with Gasteiger partial charge in [-0.1, -0.05) is 42.5 Å². The number of hydrogen-bond acceptors (Lipinski definition) is 6. The molecule has 3 heterocycles. The standard InChI is InChI=1S/C27H27N3O6/c31-25(23-11-6-16-34-23)28-20(17-19-7-2-1-3-8-19)26(32)29-12-14-30(15-13-29)27(33)24-18-35-21-9-4-5-10-22(21)36-24/h1-11,16,20,24H,12-15,17-18H2,(H,28,31)/t20-,24+/m0/s1. The van der Waals surface area contributed by atoms with Gasteiger partial charge in [-0.05, 0) is 29.8 Å². The number of nitrogens with one attached hydrogen (secondary N) is 1. The minimum atomic E-state index is -0.765. The summed E-state index contributed by atoms with van der Waals surface area (Å²) in [6.07, 6.45) is 1.04. The molecule has 0 radical (unpaired) electrons. The van der Waals surface area contributed by atoms with Gasteiger partial charge >= 0.3 is 0 Å². The molecule has 0 saturated carbocycles. The van der Waals surface area contributed by atoms with Crippen LogP contribution in [0.2, 0.25) is 0 Å². The Balaban J connectivity index is 1.21. The van der Waals surface area contributed by atoms with E-state index >= 15 is 0 Å². The zero-order valence-electron chi connectivity index (χ0n) is 19.7. The molecule has 9 nitrogen and oxygen atoms in total. The Labute approximate surface area is 208 Å². The van der Waals surface area contributed by atoms with E-state index in [2.05, 4.69) is 5.32 Å². The number of hydrogen-bond donors (Lipinski definition) is 1. The summed E-state index contributed by atoms with van der Waals surface area (Å²) < 4.78 is 16.7. The van der Waals surface area contributed by atoms with Gasteiger partial charge < -0.3 is 29.0 Å². The van der Waals surface area contributed by atoms with E-state index in [4.69, 9.17) is 13.9 Å². The lowest BCUT2D eigenvalue weighted by Crippen LogP contribution is -2.58. The Morgan fingerprint density at radius 1 is 0.861 bits per heavy atom. The average Bonchev–Trinajstić information content (AvgIpc) is 3.48. The number of nitrogens with zero attached hydrogens (tertiary/aromatic N) is 2. The van der Waals surface area contributed by atoms with Crippen molar-refractivity contribution in [1.82, 2.24) is 15.1 Å². The number of piperazine rings is 1. The minimum Gasteiger partial charge on any atom is -0.485 e. The van der Waals surface area contributed by atoms with E-state index < -0.39 is 18.1 Å². The van der Waals surface area contributed by atoms with Crippen LogP contribution in [0.4, 0.5) is 0 Å². The zero-order valence-corrected chi connectivity index (χ0v) is 19.7. The van der Waals surface area contributed by atoms with E-state index in [1.54, 1.807) is 34.1 Å². The van der Waals surface area contributed by atoms with Crippen molar-refractivity contribution < 1.29 is 28.3 Å². The largest absolute Gasteiger partial charge is 0.485 e. The zero-order chi connectivity index (χ0) is 24.9. The molecule has 0 bridgehead atoms. The maximum atomic E-state index is 13.5. The third-order valence-electron chi connectivity index (χ3n) is 6.32. The number of fused-ring (bicyclic) bond motifs is 1. The van der Waals surface area contributed by atoms with Crippen LogP contribution in [0.25, 0.3) is 0 Å². The SMILES string of the molecule is O=C(N[C@@H](Cc1ccccc1)C(=O)N1CCN(C(=O)[C@H]2COc3ccccc3O2)CC1)c1ccco1. The molecule has 186 valence electrons. The van der Waals surface area contributed by atoms with E-state index in [1.165, 1.54) is 6.26 Å². The molecule has 1 aromatic heterocycles. The van der Waals surface area contributed by atoms with E-state index in [1.807, 2.05) is 42.5 Å². The second-order valence-electron chi connectivity index (χ2n) is 8.71. The van der Waals surface area contributed by atoms with Crippen LogP contribution in [0.15, 0.2) is 77.4 Å². The fourth-order valence-electron chi connectivity index (χ4n) is 4.40. The van der Waals surface area contributed by atoms with Crippen molar-refractivity contribution >= 4 is 17.7 Å². The summed E-state index contributed by atoms with van der Waals surface area (Å²) in [4.78, 5) is 42.5. The molecule has 3 aromatic rings. The molecule has 1 saturated heterocycles. The lowest BCUT2D eigenvalue weighted by Gasteiger charge is -2.38. The fraction of sp³-hybridized carbons (Fsp3) is 0.296. The molecule has 1 fully saturated rings. The first kappa shape index (κ1) is 23.5. The van der Waals surface area contributed by atoms with Gasteiger partial charge in [0, 0.05) is 32.6 Å². The van der Waals surface area contributed by atoms with Crippen LogP contribution >= 0.6 is 0 Å². The molecule has 0 spiro atoms. The Morgan fingerprint density at radius 2 is 1.56 bits per heavy atom. The molecule has 2 aliphatic heterocycles. The quantitative estimate of drug-likeness (QED) is 0.569. The molecule has 0 aliphatic carbocycles.